The summed E-state index contributed by atoms with van der Waals surface area (Å²) in [5, 5.41) is 0.346. The Labute approximate surface area is 161 Å². The number of hydrogen-bond acceptors (Lipinski definition) is 4. The molecule has 0 saturated carbocycles. The summed E-state index contributed by atoms with van der Waals surface area (Å²) >= 11 is 5.88. The molecular weight excluding hydrogens is 388 g/mol. The zero-order valence-corrected chi connectivity index (χ0v) is 15.6. The van der Waals surface area contributed by atoms with Gasteiger partial charge in [-0.05, 0) is 60.5 Å². The third-order valence-electron chi connectivity index (χ3n) is 4.31. The second-order valence-corrected chi connectivity index (χ2v) is 8.21. The summed E-state index contributed by atoms with van der Waals surface area (Å²) in [5.74, 6) is 0.0552. The second kappa shape index (κ2) is 6.75. The zero-order chi connectivity index (χ0) is 19.0. The number of anilines is 2. The minimum Gasteiger partial charge on any atom is -0.459 e. The average Bonchev–Trinajstić information content (AvgIpc) is 3.30. The predicted octanol–water partition coefficient (Wildman–Crippen LogP) is 3.94. The topological polar surface area (TPSA) is 79.6 Å². The van der Waals surface area contributed by atoms with Crippen LogP contribution in [0.3, 0.4) is 0 Å². The van der Waals surface area contributed by atoms with Crippen molar-refractivity contribution in [1.29, 1.82) is 0 Å². The van der Waals surface area contributed by atoms with Gasteiger partial charge in [0, 0.05) is 22.9 Å². The molecule has 0 atom stereocenters. The van der Waals surface area contributed by atoms with E-state index in [2.05, 4.69) is 4.72 Å². The maximum atomic E-state index is 12.5. The van der Waals surface area contributed by atoms with Gasteiger partial charge in [-0.2, -0.15) is 0 Å². The van der Waals surface area contributed by atoms with Crippen molar-refractivity contribution in [2.75, 3.05) is 16.2 Å². The Morgan fingerprint density at radius 3 is 2.70 bits per heavy atom. The summed E-state index contributed by atoms with van der Waals surface area (Å²) in [6.45, 7) is 0.513. The standard InChI is InChI=1S/C19H15ClN2O4S/c20-14-3-1-4-16(12-14)27(24,25)21-15-6-7-17-13(11-15)8-9-22(17)19(23)18-5-2-10-26-18/h1-7,10-12,21H,8-9H2. The number of carbonyl (C=O) groups excluding carboxylic acids is 1. The highest BCUT2D eigenvalue weighted by atomic mass is 35.5. The SMILES string of the molecule is O=C(c1ccco1)N1CCc2cc(NS(=O)(=O)c3cccc(Cl)c3)ccc21. The molecule has 27 heavy (non-hydrogen) atoms. The van der Waals surface area contributed by atoms with Gasteiger partial charge in [-0.1, -0.05) is 17.7 Å². The number of carbonyl (C=O) groups is 1. The molecule has 0 unspecified atom stereocenters. The van der Waals surface area contributed by atoms with Gasteiger partial charge in [0.05, 0.1) is 11.2 Å². The molecule has 1 aliphatic rings. The Balaban J connectivity index is 1.58. The number of nitrogens with one attached hydrogen (secondary N) is 1. The Morgan fingerprint density at radius 2 is 1.96 bits per heavy atom. The average molecular weight is 403 g/mol. The molecule has 2 aromatic carbocycles. The maximum Gasteiger partial charge on any atom is 0.293 e. The lowest BCUT2D eigenvalue weighted by molar-refractivity contribution is 0.0963. The van der Waals surface area contributed by atoms with Crippen molar-refractivity contribution in [2.24, 2.45) is 0 Å². The Hall–Kier alpha value is -2.77. The highest BCUT2D eigenvalue weighted by Crippen LogP contribution is 2.32. The summed E-state index contributed by atoms with van der Waals surface area (Å²) in [7, 11) is -3.75. The lowest BCUT2D eigenvalue weighted by Gasteiger charge is -2.16. The molecule has 1 amide bonds. The van der Waals surface area contributed by atoms with Crippen molar-refractivity contribution in [2.45, 2.75) is 11.3 Å². The minimum atomic E-state index is -3.75. The van der Waals surface area contributed by atoms with Gasteiger partial charge >= 0.3 is 0 Å². The van der Waals surface area contributed by atoms with Gasteiger partial charge in [-0.3, -0.25) is 9.52 Å². The smallest absolute Gasteiger partial charge is 0.293 e. The number of amides is 1. The van der Waals surface area contributed by atoms with Crippen molar-refractivity contribution >= 4 is 38.9 Å². The zero-order valence-electron chi connectivity index (χ0n) is 14.1. The number of benzene rings is 2. The molecule has 6 nitrogen and oxygen atoms in total. The van der Waals surface area contributed by atoms with Gasteiger partial charge in [-0.15, -0.1) is 0 Å². The predicted molar refractivity (Wildman–Crippen MR) is 103 cm³/mol. The highest BCUT2D eigenvalue weighted by Gasteiger charge is 2.27. The summed E-state index contributed by atoms with van der Waals surface area (Å²) < 4.78 is 32.8. The van der Waals surface area contributed by atoms with Crippen LogP contribution >= 0.6 is 11.6 Å². The van der Waals surface area contributed by atoms with Crippen molar-refractivity contribution < 1.29 is 17.6 Å². The van der Waals surface area contributed by atoms with E-state index in [4.69, 9.17) is 16.0 Å². The van der Waals surface area contributed by atoms with Gasteiger partial charge < -0.3 is 9.32 Å². The van der Waals surface area contributed by atoms with Crippen LogP contribution in [0.1, 0.15) is 16.1 Å². The maximum absolute atomic E-state index is 12.5. The van der Waals surface area contributed by atoms with E-state index in [0.717, 1.165) is 11.3 Å². The number of halogens is 1. The molecular formula is C19H15ClN2O4S. The van der Waals surface area contributed by atoms with Crippen LogP contribution in [0.4, 0.5) is 11.4 Å². The summed E-state index contributed by atoms with van der Waals surface area (Å²) in [6.07, 6.45) is 2.09. The van der Waals surface area contributed by atoms with Crippen LogP contribution in [0.2, 0.25) is 5.02 Å². The number of nitrogens with zero attached hydrogens (tertiary/aromatic N) is 1. The van der Waals surface area contributed by atoms with Crippen LogP contribution in [-0.2, 0) is 16.4 Å². The number of sulfonamides is 1. The Morgan fingerprint density at radius 1 is 1.11 bits per heavy atom. The molecule has 0 fully saturated rings. The molecule has 0 saturated heterocycles. The highest BCUT2D eigenvalue weighted by molar-refractivity contribution is 7.92. The first-order chi connectivity index (χ1) is 12.9. The summed E-state index contributed by atoms with van der Waals surface area (Å²) in [6, 6.07) is 14.5. The van der Waals surface area contributed by atoms with Gasteiger partial charge in [0.2, 0.25) is 0 Å². The molecule has 138 valence electrons. The molecule has 0 spiro atoms. The lowest BCUT2D eigenvalue weighted by Crippen LogP contribution is -2.28. The van der Waals surface area contributed by atoms with Gasteiger partial charge in [-0.25, -0.2) is 8.42 Å². The van der Waals surface area contributed by atoms with E-state index >= 15 is 0 Å². The van der Waals surface area contributed by atoms with Crippen molar-refractivity contribution in [3.63, 3.8) is 0 Å². The third kappa shape index (κ3) is 3.43. The van der Waals surface area contributed by atoms with E-state index in [1.807, 2.05) is 0 Å². The van der Waals surface area contributed by atoms with Gasteiger partial charge in [0.15, 0.2) is 5.76 Å². The van der Waals surface area contributed by atoms with E-state index in [9.17, 15) is 13.2 Å². The fraction of sp³-hybridized carbons (Fsp3) is 0.105. The minimum absolute atomic E-state index is 0.0881. The van der Waals surface area contributed by atoms with E-state index in [1.165, 1.54) is 18.4 Å². The molecule has 3 aromatic rings. The summed E-state index contributed by atoms with van der Waals surface area (Å²) in [5.41, 5.74) is 2.07. The first-order valence-corrected chi connectivity index (χ1v) is 10.1. The van der Waals surface area contributed by atoms with Crippen LogP contribution in [0, 0.1) is 0 Å². The molecule has 0 aliphatic carbocycles. The third-order valence-corrected chi connectivity index (χ3v) is 5.92. The van der Waals surface area contributed by atoms with Crippen LogP contribution < -0.4 is 9.62 Å². The number of rotatable bonds is 4. The van der Waals surface area contributed by atoms with Crippen LogP contribution in [0.5, 0.6) is 0 Å². The molecule has 8 heteroatoms. The van der Waals surface area contributed by atoms with E-state index in [1.54, 1.807) is 47.4 Å². The van der Waals surface area contributed by atoms with E-state index < -0.39 is 10.0 Å². The Bertz CT molecular complexity index is 1110. The van der Waals surface area contributed by atoms with Crippen LogP contribution in [-0.4, -0.2) is 20.9 Å². The molecule has 0 bridgehead atoms. The van der Waals surface area contributed by atoms with Crippen molar-refractivity contribution in [1.82, 2.24) is 0 Å². The van der Waals surface area contributed by atoms with E-state index in [0.29, 0.717) is 23.7 Å². The summed E-state index contributed by atoms with van der Waals surface area (Å²) in [4.78, 5) is 14.2. The van der Waals surface area contributed by atoms with Crippen LogP contribution in [0.15, 0.2) is 70.2 Å². The quantitative estimate of drug-likeness (QED) is 0.716. The largest absolute Gasteiger partial charge is 0.459 e. The molecule has 1 N–H and O–H groups in total. The van der Waals surface area contributed by atoms with Gasteiger partial charge in [0.25, 0.3) is 15.9 Å². The van der Waals surface area contributed by atoms with Gasteiger partial charge in [0.1, 0.15) is 0 Å². The molecule has 1 aliphatic heterocycles. The number of fused-ring (bicyclic) bond motifs is 1. The molecule has 4 rings (SSSR count). The first-order valence-electron chi connectivity index (χ1n) is 8.21. The molecule has 0 radical (unpaired) electrons. The number of hydrogen-bond donors (Lipinski definition) is 1. The first kappa shape index (κ1) is 17.6. The van der Waals surface area contributed by atoms with Crippen LogP contribution in [0.25, 0.3) is 0 Å². The van der Waals surface area contributed by atoms with Crippen molar-refractivity contribution in [3.8, 4) is 0 Å². The molecule has 1 aromatic heterocycles. The normalized spacial score (nSPS) is 13.4. The monoisotopic (exact) mass is 402 g/mol. The lowest BCUT2D eigenvalue weighted by atomic mass is 10.1. The fourth-order valence-electron chi connectivity index (χ4n) is 3.06. The Kier molecular flexibility index (Phi) is 4.41. The second-order valence-electron chi connectivity index (χ2n) is 6.09. The van der Waals surface area contributed by atoms with Crippen molar-refractivity contribution in [3.05, 3.63) is 77.2 Å². The number of furan rings is 1. The molecule has 2 heterocycles. The van der Waals surface area contributed by atoms with E-state index in [-0.39, 0.29) is 16.6 Å². The fourth-order valence-corrected chi connectivity index (χ4v) is 4.41.